The van der Waals surface area contributed by atoms with Crippen LogP contribution in [0.1, 0.15) is 6.92 Å². The van der Waals surface area contributed by atoms with Gasteiger partial charge in [-0.05, 0) is 19.1 Å². The quantitative estimate of drug-likeness (QED) is 0.830. The van der Waals surface area contributed by atoms with Crippen LogP contribution in [0.2, 0.25) is 0 Å². The van der Waals surface area contributed by atoms with Crippen molar-refractivity contribution in [3.8, 4) is 11.5 Å². The molecule has 0 bridgehead atoms. The summed E-state index contributed by atoms with van der Waals surface area (Å²) >= 11 is 0. The number of methoxy groups -OCH3 is 1. The standard InChI is InChI=1S/C11H11NO5/c1-3-12-10(14)6-5-9(16-2)8(13)4-7(6)11(15)17-12/h4-5,13H,3H2,1-2H3. The van der Waals surface area contributed by atoms with E-state index in [2.05, 4.69) is 0 Å². The molecule has 0 saturated heterocycles. The number of hydrogen-bond acceptors (Lipinski definition) is 5. The van der Waals surface area contributed by atoms with Gasteiger partial charge in [0.1, 0.15) is 0 Å². The lowest BCUT2D eigenvalue weighted by Crippen LogP contribution is -2.24. The van der Waals surface area contributed by atoms with Gasteiger partial charge in [0.25, 0.3) is 5.56 Å². The number of benzene rings is 1. The SMILES string of the molecule is CCn1oc(=O)c2cc(O)c(OC)cc2c1=O. The molecule has 1 heterocycles. The Morgan fingerprint density at radius 3 is 2.65 bits per heavy atom. The van der Waals surface area contributed by atoms with Crippen LogP contribution >= 0.6 is 0 Å². The summed E-state index contributed by atoms with van der Waals surface area (Å²) in [7, 11) is 1.37. The minimum atomic E-state index is -0.667. The second kappa shape index (κ2) is 3.97. The van der Waals surface area contributed by atoms with Crippen LogP contribution in [0.15, 0.2) is 26.2 Å². The molecule has 2 rings (SSSR count). The van der Waals surface area contributed by atoms with Crippen LogP contribution in [-0.2, 0) is 6.54 Å². The lowest BCUT2D eigenvalue weighted by molar-refractivity contribution is 0.236. The van der Waals surface area contributed by atoms with Crippen molar-refractivity contribution < 1.29 is 14.4 Å². The van der Waals surface area contributed by atoms with Gasteiger partial charge in [-0.15, -0.1) is 0 Å². The Morgan fingerprint density at radius 2 is 2.06 bits per heavy atom. The predicted molar refractivity (Wildman–Crippen MR) is 60.6 cm³/mol. The molecule has 0 saturated carbocycles. The largest absolute Gasteiger partial charge is 0.504 e. The average Bonchev–Trinajstić information content (AvgIpc) is 2.33. The van der Waals surface area contributed by atoms with E-state index in [1.165, 1.54) is 19.2 Å². The van der Waals surface area contributed by atoms with Crippen LogP contribution < -0.4 is 15.9 Å². The molecule has 90 valence electrons. The summed E-state index contributed by atoms with van der Waals surface area (Å²) in [4.78, 5) is 23.5. The van der Waals surface area contributed by atoms with Crippen molar-refractivity contribution in [2.24, 2.45) is 0 Å². The number of aromatic hydroxyl groups is 1. The first-order chi connectivity index (χ1) is 8.08. The number of aromatic nitrogens is 1. The molecule has 0 aliphatic carbocycles. The second-order valence-electron chi connectivity index (χ2n) is 3.45. The first-order valence-corrected chi connectivity index (χ1v) is 5.03. The molecule has 1 aromatic heterocycles. The van der Waals surface area contributed by atoms with Crippen molar-refractivity contribution in [1.82, 2.24) is 4.74 Å². The monoisotopic (exact) mass is 237 g/mol. The van der Waals surface area contributed by atoms with Crippen molar-refractivity contribution in [2.45, 2.75) is 13.5 Å². The highest BCUT2D eigenvalue weighted by atomic mass is 16.5. The maximum Gasteiger partial charge on any atom is 0.364 e. The fourth-order valence-electron chi connectivity index (χ4n) is 1.61. The van der Waals surface area contributed by atoms with Crippen LogP contribution in [-0.4, -0.2) is 17.0 Å². The smallest absolute Gasteiger partial charge is 0.364 e. The van der Waals surface area contributed by atoms with Crippen molar-refractivity contribution in [1.29, 1.82) is 0 Å². The van der Waals surface area contributed by atoms with Crippen LogP contribution in [0.5, 0.6) is 11.5 Å². The summed E-state index contributed by atoms with van der Waals surface area (Å²) in [5.74, 6) is -0.0659. The van der Waals surface area contributed by atoms with Gasteiger partial charge in [0.05, 0.1) is 24.4 Å². The van der Waals surface area contributed by atoms with Gasteiger partial charge in [-0.3, -0.25) is 4.79 Å². The van der Waals surface area contributed by atoms with Crippen molar-refractivity contribution >= 4 is 10.8 Å². The summed E-state index contributed by atoms with van der Waals surface area (Å²) in [5, 5.41) is 9.74. The minimum absolute atomic E-state index is 0.0398. The number of hydrogen-bond donors (Lipinski definition) is 1. The summed E-state index contributed by atoms with van der Waals surface area (Å²) < 4.78 is 10.6. The number of nitrogens with zero attached hydrogens (tertiary/aromatic N) is 1. The highest BCUT2D eigenvalue weighted by molar-refractivity contribution is 5.83. The third-order valence-electron chi connectivity index (χ3n) is 2.48. The highest BCUT2D eigenvalue weighted by Crippen LogP contribution is 2.28. The molecule has 0 unspecified atom stereocenters. The van der Waals surface area contributed by atoms with Gasteiger partial charge < -0.3 is 14.4 Å². The maximum atomic E-state index is 11.9. The molecule has 17 heavy (non-hydrogen) atoms. The summed E-state index contributed by atoms with van der Waals surface area (Å²) in [6.07, 6.45) is 0. The molecular weight excluding hydrogens is 226 g/mol. The fraction of sp³-hybridized carbons (Fsp3) is 0.273. The first kappa shape index (κ1) is 11.3. The number of phenols is 1. The van der Waals surface area contributed by atoms with E-state index in [0.29, 0.717) is 0 Å². The van der Waals surface area contributed by atoms with Crippen molar-refractivity contribution in [3.63, 3.8) is 0 Å². The van der Waals surface area contributed by atoms with Crippen LogP contribution in [0.3, 0.4) is 0 Å². The fourth-order valence-corrected chi connectivity index (χ4v) is 1.61. The zero-order chi connectivity index (χ0) is 12.6. The summed E-state index contributed by atoms with van der Waals surface area (Å²) in [6, 6.07) is 2.50. The maximum absolute atomic E-state index is 11.9. The normalized spacial score (nSPS) is 10.7. The Kier molecular flexibility index (Phi) is 2.63. The van der Waals surface area contributed by atoms with E-state index in [1.807, 2.05) is 0 Å². The Morgan fingerprint density at radius 1 is 1.35 bits per heavy atom. The average molecular weight is 237 g/mol. The van der Waals surface area contributed by atoms with Gasteiger partial charge in [-0.2, -0.15) is 4.74 Å². The van der Waals surface area contributed by atoms with E-state index >= 15 is 0 Å². The van der Waals surface area contributed by atoms with Gasteiger partial charge in [0.2, 0.25) is 0 Å². The van der Waals surface area contributed by atoms with E-state index < -0.39 is 11.2 Å². The molecule has 6 nitrogen and oxygen atoms in total. The Bertz CT molecular complexity index is 683. The molecule has 0 amide bonds. The van der Waals surface area contributed by atoms with Gasteiger partial charge >= 0.3 is 5.63 Å². The molecule has 0 aliphatic rings. The second-order valence-corrected chi connectivity index (χ2v) is 3.45. The van der Waals surface area contributed by atoms with E-state index in [9.17, 15) is 14.7 Å². The number of aryl methyl sites for hydroxylation is 1. The number of fused-ring (bicyclic) bond motifs is 1. The molecule has 0 atom stereocenters. The molecule has 0 spiro atoms. The summed E-state index contributed by atoms with van der Waals surface area (Å²) in [5.41, 5.74) is -1.10. The molecule has 0 fully saturated rings. The third-order valence-corrected chi connectivity index (χ3v) is 2.48. The zero-order valence-corrected chi connectivity index (χ0v) is 9.39. The van der Waals surface area contributed by atoms with E-state index in [-0.39, 0.29) is 28.8 Å². The van der Waals surface area contributed by atoms with Gasteiger partial charge in [0.15, 0.2) is 11.5 Å². The Balaban J connectivity index is 2.97. The number of phenolic OH excluding ortho intramolecular Hbond substituents is 1. The molecule has 6 heteroatoms. The lowest BCUT2D eigenvalue weighted by atomic mass is 10.2. The Labute approximate surface area is 95.6 Å². The third kappa shape index (κ3) is 1.67. The van der Waals surface area contributed by atoms with Gasteiger partial charge in [-0.25, -0.2) is 4.79 Å². The number of rotatable bonds is 2. The van der Waals surface area contributed by atoms with Crippen LogP contribution in [0, 0.1) is 0 Å². The highest BCUT2D eigenvalue weighted by Gasteiger charge is 2.12. The van der Waals surface area contributed by atoms with E-state index in [4.69, 9.17) is 9.26 Å². The molecule has 1 aromatic carbocycles. The number of ether oxygens (including phenoxy) is 1. The van der Waals surface area contributed by atoms with Crippen molar-refractivity contribution in [2.75, 3.05) is 7.11 Å². The molecular formula is C11H11NO5. The van der Waals surface area contributed by atoms with Crippen LogP contribution in [0.4, 0.5) is 0 Å². The molecule has 2 aromatic rings. The Hall–Kier alpha value is -2.24. The van der Waals surface area contributed by atoms with Crippen molar-refractivity contribution in [3.05, 3.63) is 32.9 Å². The molecule has 0 radical (unpaired) electrons. The van der Waals surface area contributed by atoms with Gasteiger partial charge in [-0.1, -0.05) is 0 Å². The summed E-state index contributed by atoms with van der Waals surface area (Å²) in [6.45, 7) is 1.95. The zero-order valence-electron chi connectivity index (χ0n) is 9.39. The molecule has 0 aliphatic heterocycles. The topological polar surface area (TPSA) is 81.7 Å². The lowest BCUT2D eigenvalue weighted by Gasteiger charge is -2.06. The first-order valence-electron chi connectivity index (χ1n) is 5.03. The van der Waals surface area contributed by atoms with E-state index in [0.717, 1.165) is 4.74 Å². The molecule has 1 N–H and O–H groups in total. The van der Waals surface area contributed by atoms with E-state index in [1.54, 1.807) is 6.92 Å². The predicted octanol–water partition coefficient (Wildman–Crippen LogP) is 0.689. The van der Waals surface area contributed by atoms with Crippen LogP contribution in [0.25, 0.3) is 10.8 Å². The van der Waals surface area contributed by atoms with Gasteiger partial charge in [0, 0.05) is 0 Å². The minimum Gasteiger partial charge on any atom is -0.504 e.